The van der Waals surface area contributed by atoms with Crippen molar-refractivity contribution >= 4 is 76.0 Å². The first-order chi connectivity index (χ1) is 21.7. The summed E-state index contributed by atoms with van der Waals surface area (Å²) < 4.78 is 0. The Balaban J connectivity index is 1.63. The molecule has 0 aliphatic rings. The van der Waals surface area contributed by atoms with E-state index in [-0.39, 0.29) is 0 Å². The molecular formula is C42H38N2. The van der Waals surface area contributed by atoms with E-state index in [2.05, 4.69) is 147 Å². The van der Waals surface area contributed by atoms with Gasteiger partial charge >= 0.3 is 0 Å². The number of rotatable bonds is 7. The maximum atomic E-state index is 2.50. The Morgan fingerprint density at radius 3 is 1.68 bits per heavy atom. The summed E-state index contributed by atoms with van der Waals surface area (Å²) in [4.78, 5) is 4.94. The van der Waals surface area contributed by atoms with Crippen LogP contribution in [0.5, 0.6) is 0 Å². The van der Waals surface area contributed by atoms with Crippen molar-refractivity contribution in [3.8, 4) is 11.1 Å². The van der Waals surface area contributed by atoms with Gasteiger partial charge in [0.05, 0.1) is 0 Å². The van der Waals surface area contributed by atoms with Crippen molar-refractivity contribution in [2.24, 2.45) is 0 Å². The van der Waals surface area contributed by atoms with Crippen LogP contribution >= 0.6 is 0 Å². The minimum absolute atomic E-state index is 0.972. The third-order valence-corrected chi connectivity index (χ3v) is 9.96. The van der Waals surface area contributed by atoms with E-state index in [1.807, 2.05) is 0 Å². The van der Waals surface area contributed by atoms with Crippen LogP contribution in [0.15, 0.2) is 109 Å². The van der Waals surface area contributed by atoms with Gasteiger partial charge in [0.15, 0.2) is 0 Å². The van der Waals surface area contributed by atoms with Gasteiger partial charge in [0, 0.05) is 37.6 Å². The minimum atomic E-state index is 0.972. The fourth-order valence-corrected chi connectivity index (χ4v) is 7.88. The predicted molar refractivity (Wildman–Crippen MR) is 195 cm³/mol. The maximum absolute atomic E-state index is 2.50. The van der Waals surface area contributed by atoms with E-state index >= 15 is 0 Å². The minimum Gasteiger partial charge on any atom is -0.372 e. The normalized spacial score (nSPS) is 12.0. The number of anilines is 2. The van der Waals surface area contributed by atoms with E-state index in [0.717, 1.165) is 26.2 Å². The molecule has 0 spiro atoms. The summed E-state index contributed by atoms with van der Waals surface area (Å²) in [6, 6.07) is 41.6. The molecule has 216 valence electrons. The molecule has 0 N–H and O–H groups in total. The first-order valence-corrected chi connectivity index (χ1v) is 16.2. The average molecular weight is 571 g/mol. The van der Waals surface area contributed by atoms with Crippen molar-refractivity contribution in [1.82, 2.24) is 0 Å². The summed E-state index contributed by atoms with van der Waals surface area (Å²) in [7, 11) is 0. The van der Waals surface area contributed by atoms with Crippen LogP contribution in [-0.2, 0) is 0 Å². The molecular weight excluding hydrogens is 532 g/mol. The van der Waals surface area contributed by atoms with Crippen LogP contribution in [0.1, 0.15) is 27.7 Å². The van der Waals surface area contributed by atoms with E-state index in [1.54, 1.807) is 0 Å². The zero-order valence-electron chi connectivity index (χ0n) is 26.1. The van der Waals surface area contributed by atoms with Gasteiger partial charge in [-0.1, -0.05) is 84.9 Å². The molecule has 0 aliphatic heterocycles. The smallest absolute Gasteiger partial charge is 0.0378 e. The fraction of sp³-hybridized carbons (Fsp3) is 0.190. The number of benzene rings is 8. The fourth-order valence-electron chi connectivity index (χ4n) is 7.88. The summed E-state index contributed by atoms with van der Waals surface area (Å²) in [5.41, 5.74) is 5.22. The average Bonchev–Trinajstić information content (AvgIpc) is 3.07. The molecule has 0 saturated heterocycles. The Hall–Kier alpha value is -4.82. The lowest BCUT2D eigenvalue weighted by molar-refractivity contribution is 0.867. The highest BCUT2D eigenvalue weighted by atomic mass is 15.1. The molecule has 8 rings (SSSR count). The lowest BCUT2D eigenvalue weighted by atomic mass is 9.82. The second kappa shape index (κ2) is 10.4. The highest BCUT2D eigenvalue weighted by molar-refractivity contribution is 6.41. The van der Waals surface area contributed by atoms with Gasteiger partial charge in [0.2, 0.25) is 0 Å². The topological polar surface area (TPSA) is 6.48 Å². The summed E-state index contributed by atoms with van der Waals surface area (Å²) >= 11 is 0. The first kappa shape index (κ1) is 26.8. The number of nitrogens with zero attached hydrogens (tertiary/aromatic N) is 2. The summed E-state index contributed by atoms with van der Waals surface area (Å²) in [5.74, 6) is 0. The van der Waals surface area contributed by atoms with Crippen molar-refractivity contribution in [2.75, 3.05) is 36.0 Å². The van der Waals surface area contributed by atoms with Crippen molar-refractivity contribution in [3.05, 3.63) is 109 Å². The van der Waals surface area contributed by atoms with Gasteiger partial charge in [-0.2, -0.15) is 0 Å². The van der Waals surface area contributed by atoms with Gasteiger partial charge in [0.1, 0.15) is 0 Å². The lowest BCUT2D eigenvalue weighted by Gasteiger charge is -2.26. The first-order valence-electron chi connectivity index (χ1n) is 16.2. The monoisotopic (exact) mass is 570 g/mol. The Morgan fingerprint density at radius 1 is 0.386 bits per heavy atom. The maximum Gasteiger partial charge on any atom is 0.0378 e. The SMILES string of the molecule is CCN(CC)c1ccc2cccc(-c3c4ccccc4c4c5cccc6cccc(c7cc(N(CC)CC)cc3c74)c65)c2c1. The highest BCUT2D eigenvalue weighted by Gasteiger charge is 2.22. The summed E-state index contributed by atoms with van der Waals surface area (Å²) in [6.45, 7) is 12.9. The van der Waals surface area contributed by atoms with Crippen LogP contribution in [0.3, 0.4) is 0 Å². The predicted octanol–water partition coefficient (Wildman–Crippen LogP) is 11.4. The zero-order valence-corrected chi connectivity index (χ0v) is 26.1. The Labute approximate surface area is 259 Å². The molecule has 44 heavy (non-hydrogen) atoms. The van der Waals surface area contributed by atoms with Crippen LogP contribution in [0, 0.1) is 0 Å². The molecule has 2 heteroatoms. The third kappa shape index (κ3) is 3.80. The van der Waals surface area contributed by atoms with Crippen molar-refractivity contribution < 1.29 is 0 Å². The van der Waals surface area contributed by atoms with E-state index in [1.165, 1.54) is 87.1 Å². The Kier molecular flexibility index (Phi) is 6.34. The standard InChI is InChI=1S/C42H38N2/c1-5-43(6-2)29-23-22-27-14-11-19-33(36(27)24-29)40-31-17-9-10-18-32(31)41-35-21-13-16-28-15-12-20-34(39(28)35)37-25-30(44(7-3)8-4)26-38(40)42(37)41/h9-26H,5-8H2,1-4H3. The molecule has 0 amide bonds. The van der Waals surface area contributed by atoms with Crippen molar-refractivity contribution in [3.63, 3.8) is 0 Å². The van der Waals surface area contributed by atoms with Crippen LogP contribution in [-0.4, -0.2) is 26.2 Å². The van der Waals surface area contributed by atoms with Crippen molar-refractivity contribution in [1.29, 1.82) is 0 Å². The third-order valence-electron chi connectivity index (χ3n) is 9.96. The van der Waals surface area contributed by atoms with E-state index < -0.39 is 0 Å². The molecule has 0 fully saturated rings. The van der Waals surface area contributed by atoms with Crippen LogP contribution in [0.2, 0.25) is 0 Å². The van der Waals surface area contributed by atoms with Crippen LogP contribution in [0.4, 0.5) is 11.4 Å². The van der Waals surface area contributed by atoms with E-state index in [0.29, 0.717) is 0 Å². The number of fused-ring (bicyclic) bond motifs is 5. The molecule has 2 nitrogen and oxygen atoms in total. The molecule has 8 aromatic rings. The Morgan fingerprint density at radius 2 is 0.932 bits per heavy atom. The van der Waals surface area contributed by atoms with Crippen LogP contribution < -0.4 is 9.80 Å². The largest absolute Gasteiger partial charge is 0.372 e. The molecule has 0 atom stereocenters. The molecule has 0 unspecified atom stereocenters. The molecule has 0 bridgehead atoms. The molecule has 0 heterocycles. The molecule has 0 saturated carbocycles. The zero-order chi connectivity index (χ0) is 29.9. The highest BCUT2D eigenvalue weighted by Crippen LogP contribution is 2.50. The number of hydrogen-bond donors (Lipinski definition) is 0. The van der Waals surface area contributed by atoms with Gasteiger partial charge in [-0.15, -0.1) is 0 Å². The molecule has 0 aliphatic carbocycles. The van der Waals surface area contributed by atoms with Crippen molar-refractivity contribution in [2.45, 2.75) is 27.7 Å². The second-order valence-electron chi connectivity index (χ2n) is 12.0. The van der Waals surface area contributed by atoms with Gasteiger partial charge in [0.25, 0.3) is 0 Å². The van der Waals surface area contributed by atoms with Gasteiger partial charge in [-0.25, -0.2) is 0 Å². The lowest BCUT2D eigenvalue weighted by Crippen LogP contribution is -2.21. The van der Waals surface area contributed by atoms with E-state index in [9.17, 15) is 0 Å². The van der Waals surface area contributed by atoms with Gasteiger partial charge < -0.3 is 9.80 Å². The number of hydrogen-bond acceptors (Lipinski definition) is 2. The summed E-state index contributed by atoms with van der Waals surface area (Å²) in [5, 5.41) is 16.0. The molecule has 8 aromatic carbocycles. The Bertz CT molecular complexity index is 2340. The summed E-state index contributed by atoms with van der Waals surface area (Å²) in [6.07, 6.45) is 0. The van der Waals surface area contributed by atoms with E-state index in [4.69, 9.17) is 0 Å². The second-order valence-corrected chi connectivity index (χ2v) is 12.0. The van der Waals surface area contributed by atoms with Crippen LogP contribution in [0.25, 0.3) is 75.8 Å². The van der Waals surface area contributed by atoms with Gasteiger partial charge in [-0.3, -0.25) is 0 Å². The molecule has 0 radical (unpaired) electrons. The molecule has 0 aromatic heterocycles. The van der Waals surface area contributed by atoms with Gasteiger partial charge in [-0.05, 0) is 128 Å². The quantitative estimate of drug-likeness (QED) is 0.139.